The van der Waals surface area contributed by atoms with Crippen molar-refractivity contribution in [3.8, 4) is 16.9 Å². The average molecular weight is 335 g/mol. The number of ether oxygens (including phenoxy) is 1. The van der Waals surface area contributed by atoms with Gasteiger partial charge in [-0.25, -0.2) is 8.42 Å². The van der Waals surface area contributed by atoms with Gasteiger partial charge in [-0.3, -0.25) is 0 Å². The summed E-state index contributed by atoms with van der Waals surface area (Å²) in [5.74, 6) is 0.528. The molecule has 1 aliphatic rings. The smallest absolute Gasteiger partial charge is 0.243 e. The van der Waals surface area contributed by atoms with Crippen LogP contribution in [0.15, 0.2) is 46.1 Å². The minimum atomic E-state index is -3.49. The summed E-state index contributed by atoms with van der Waals surface area (Å²) in [4.78, 5) is 0.280. The minimum absolute atomic E-state index is 0.0968. The molecule has 0 amide bonds. The third kappa shape index (κ3) is 2.88. The summed E-state index contributed by atoms with van der Waals surface area (Å²) >= 11 is 0. The monoisotopic (exact) mass is 335 g/mol. The first-order valence-corrected chi connectivity index (χ1v) is 9.24. The minimum Gasteiger partial charge on any atom is -0.496 e. The van der Waals surface area contributed by atoms with E-state index in [0.717, 1.165) is 30.4 Å². The van der Waals surface area contributed by atoms with E-state index in [9.17, 15) is 8.42 Å². The van der Waals surface area contributed by atoms with E-state index in [-0.39, 0.29) is 10.9 Å². The molecule has 1 aromatic heterocycles. The van der Waals surface area contributed by atoms with Crippen LogP contribution in [0.2, 0.25) is 0 Å². The third-order valence-electron chi connectivity index (χ3n) is 4.41. The summed E-state index contributed by atoms with van der Waals surface area (Å²) in [5.41, 5.74) is 1.67. The topological polar surface area (TPSA) is 59.8 Å². The van der Waals surface area contributed by atoms with Gasteiger partial charge in [-0.05, 0) is 37.5 Å². The molecular weight excluding hydrogens is 314 g/mol. The number of furan rings is 1. The largest absolute Gasteiger partial charge is 0.496 e. The van der Waals surface area contributed by atoms with E-state index in [1.54, 1.807) is 42.1 Å². The Morgan fingerprint density at radius 1 is 1.35 bits per heavy atom. The Morgan fingerprint density at radius 2 is 2.17 bits per heavy atom. The molecule has 0 aliphatic carbocycles. The van der Waals surface area contributed by atoms with Gasteiger partial charge in [-0.2, -0.15) is 4.31 Å². The molecule has 0 saturated carbocycles. The van der Waals surface area contributed by atoms with Crippen molar-refractivity contribution in [2.24, 2.45) is 0 Å². The Morgan fingerprint density at radius 3 is 2.83 bits per heavy atom. The van der Waals surface area contributed by atoms with E-state index in [4.69, 9.17) is 9.15 Å². The molecule has 1 saturated heterocycles. The number of sulfonamides is 1. The summed E-state index contributed by atoms with van der Waals surface area (Å²) in [6.45, 7) is 2.62. The van der Waals surface area contributed by atoms with Gasteiger partial charge in [0.2, 0.25) is 10.0 Å². The molecule has 1 aliphatic heterocycles. The summed E-state index contributed by atoms with van der Waals surface area (Å²) in [6, 6.07) is 6.93. The van der Waals surface area contributed by atoms with Crippen LogP contribution in [0.1, 0.15) is 26.2 Å². The van der Waals surface area contributed by atoms with E-state index in [2.05, 4.69) is 0 Å². The van der Waals surface area contributed by atoms with Gasteiger partial charge in [0, 0.05) is 29.8 Å². The Kier molecular flexibility index (Phi) is 4.46. The van der Waals surface area contributed by atoms with E-state index >= 15 is 0 Å². The zero-order chi connectivity index (χ0) is 16.4. The number of benzene rings is 1. The van der Waals surface area contributed by atoms with Crippen LogP contribution < -0.4 is 4.74 Å². The van der Waals surface area contributed by atoms with Crippen molar-refractivity contribution < 1.29 is 17.6 Å². The Hall–Kier alpha value is -1.79. The second-order valence-electron chi connectivity index (χ2n) is 5.69. The molecule has 1 aromatic carbocycles. The molecule has 5 nitrogen and oxygen atoms in total. The average Bonchev–Trinajstić information content (AvgIpc) is 3.25. The lowest BCUT2D eigenvalue weighted by molar-refractivity contribution is 0.378. The molecule has 6 heteroatoms. The zero-order valence-corrected chi connectivity index (χ0v) is 14.2. The lowest BCUT2D eigenvalue weighted by Crippen LogP contribution is -2.35. The molecule has 124 valence electrons. The second kappa shape index (κ2) is 6.37. The van der Waals surface area contributed by atoms with E-state index in [1.165, 1.54) is 0 Å². The predicted octanol–water partition coefficient (Wildman–Crippen LogP) is 3.52. The van der Waals surface area contributed by atoms with Gasteiger partial charge in [0.1, 0.15) is 5.75 Å². The lowest BCUT2D eigenvalue weighted by atomic mass is 10.1. The number of rotatable bonds is 5. The first-order valence-electron chi connectivity index (χ1n) is 7.80. The van der Waals surface area contributed by atoms with E-state index in [0.29, 0.717) is 12.3 Å². The van der Waals surface area contributed by atoms with Crippen LogP contribution in [0.3, 0.4) is 0 Å². The van der Waals surface area contributed by atoms with Gasteiger partial charge in [0.25, 0.3) is 0 Å². The summed E-state index contributed by atoms with van der Waals surface area (Å²) < 4.78 is 38.0. The van der Waals surface area contributed by atoms with Crippen molar-refractivity contribution in [2.45, 2.75) is 37.1 Å². The molecule has 1 unspecified atom stereocenters. The first kappa shape index (κ1) is 16.1. The molecule has 3 rings (SSSR count). The van der Waals surface area contributed by atoms with E-state index < -0.39 is 10.0 Å². The van der Waals surface area contributed by atoms with Crippen molar-refractivity contribution in [3.63, 3.8) is 0 Å². The van der Waals surface area contributed by atoms with Gasteiger partial charge < -0.3 is 9.15 Å². The molecule has 23 heavy (non-hydrogen) atoms. The van der Waals surface area contributed by atoms with Crippen LogP contribution in [0.25, 0.3) is 11.1 Å². The Balaban J connectivity index is 2.00. The van der Waals surface area contributed by atoms with Crippen molar-refractivity contribution in [3.05, 3.63) is 36.8 Å². The maximum Gasteiger partial charge on any atom is 0.243 e. The number of hydrogen-bond acceptors (Lipinski definition) is 4. The van der Waals surface area contributed by atoms with Gasteiger partial charge in [-0.1, -0.05) is 6.92 Å². The van der Waals surface area contributed by atoms with Crippen LogP contribution in [-0.2, 0) is 10.0 Å². The van der Waals surface area contributed by atoms with E-state index in [1.807, 2.05) is 13.0 Å². The molecular formula is C17H21NO4S. The molecule has 0 spiro atoms. The maximum absolute atomic E-state index is 12.9. The first-order chi connectivity index (χ1) is 11.1. The molecule has 2 heterocycles. The fraction of sp³-hybridized carbons (Fsp3) is 0.412. The highest BCUT2D eigenvalue weighted by Crippen LogP contribution is 2.35. The second-order valence-corrected chi connectivity index (χ2v) is 7.58. The summed E-state index contributed by atoms with van der Waals surface area (Å²) in [5, 5.41) is 0. The maximum atomic E-state index is 12.9. The number of nitrogens with zero attached hydrogens (tertiary/aromatic N) is 1. The third-order valence-corrected chi connectivity index (χ3v) is 6.35. The highest BCUT2D eigenvalue weighted by atomic mass is 32.2. The predicted molar refractivity (Wildman–Crippen MR) is 87.9 cm³/mol. The zero-order valence-electron chi connectivity index (χ0n) is 13.4. The van der Waals surface area contributed by atoms with Crippen LogP contribution >= 0.6 is 0 Å². The molecule has 1 atom stereocenters. The lowest BCUT2D eigenvalue weighted by Gasteiger charge is -2.23. The summed E-state index contributed by atoms with van der Waals surface area (Å²) in [6.07, 6.45) is 5.88. The number of methoxy groups -OCH3 is 1. The molecule has 2 aromatic rings. The van der Waals surface area contributed by atoms with Crippen LogP contribution in [0.5, 0.6) is 5.75 Å². The van der Waals surface area contributed by atoms with Gasteiger partial charge in [0.15, 0.2) is 0 Å². The normalized spacial score (nSPS) is 19.1. The Labute approximate surface area is 136 Å². The van der Waals surface area contributed by atoms with Gasteiger partial charge >= 0.3 is 0 Å². The highest BCUT2D eigenvalue weighted by molar-refractivity contribution is 7.89. The van der Waals surface area contributed by atoms with Crippen molar-refractivity contribution in [1.29, 1.82) is 0 Å². The van der Waals surface area contributed by atoms with Crippen molar-refractivity contribution in [2.75, 3.05) is 13.7 Å². The van der Waals surface area contributed by atoms with Crippen LogP contribution in [0, 0.1) is 0 Å². The summed E-state index contributed by atoms with van der Waals surface area (Å²) in [7, 11) is -1.95. The number of hydrogen-bond donors (Lipinski definition) is 0. The fourth-order valence-electron chi connectivity index (χ4n) is 3.16. The molecule has 1 fully saturated rings. The van der Waals surface area contributed by atoms with Crippen molar-refractivity contribution in [1.82, 2.24) is 4.31 Å². The fourth-order valence-corrected chi connectivity index (χ4v) is 4.94. The highest BCUT2D eigenvalue weighted by Gasteiger charge is 2.34. The molecule has 0 radical (unpaired) electrons. The quantitative estimate of drug-likeness (QED) is 0.839. The van der Waals surface area contributed by atoms with Crippen LogP contribution in [0.4, 0.5) is 0 Å². The van der Waals surface area contributed by atoms with Gasteiger partial charge in [-0.15, -0.1) is 0 Å². The standard InChI is InChI=1S/C17H21NO4S/c1-3-14-5-4-9-18(14)23(19,20)15-6-7-16(17(11-15)21-2)13-8-10-22-12-13/h6-8,10-12,14H,3-5,9H2,1-2H3. The molecule has 0 N–H and O–H groups in total. The Bertz CT molecular complexity index is 768. The van der Waals surface area contributed by atoms with Crippen LogP contribution in [-0.4, -0.2) is 32.4 Å². The SMILES string of the molecule is CCC1CCCN1S(=O)(=O)c1ccc(-c2ccoc2)c(OC)c1. The van der Waals surface area contributed by atoms with Gasteiger partial charge in [0.05, 0.1) is 24.5 Å². The van der Waals surface area contributed by atoms with Crippen molar-refractivity contribution >= 4 is 10.0 Å². The molecule has 0 bridgehead atoms.